The lowest BCUT2D eigenvalue weighted by molar-refractivity contribution is 0.0545. The van der Waals surface area contributed by atoms with E-state index in [1.54, 1.807) is 48.3 Å². The van der Waals surface area contributed by atoms with Gasteiger partial charge in [-0.3, -0.25) is 19.6 Å². The fourth-order valence-corrected chi connectivity index (χ4v) is 5.06. The van der Waals surface area contributed by atoms with Crippen molar-refractivity contribution in [2.75, 3.05) is 29.9 Å². The molecule has 3 amide bonds. The molecule has 5 rings (SSSR count). The number of aliphatic hydroxyl groups is 1. The van der Waals surface area contributed by atoms with E-state index in [4.69, 9.17) is 0 Å². The van der Waals surface area contributed by atoms with Crippen LogP contribution >= 0.6 is 0 Å². The van der Waals surface area contributed by atoms with Gasteiger partial charge in [-0.05, 0) is 58.4 Å². The average molecular weight is 562 g/mol. The Balaban J connectivity index is 1.33. The van der Waals surface area contributed by atoms with Crippen molar-refractivity contribution in [3.8, 4) is 5.69 Å². The van der Waals surface area contributed by atoms with Crippen molar-refractivity contribution in [2.45, 2.75) is 52.3 Å². The predicted octanol–water partition coefficient (Wildman–Crippen LogP) is 1.91. The third kappa shape index (κ3) is 5.94. The standard InChI is InChI=1S/C28H35N9O4/c1-5-29-27(40)32-21-16-35-22(31-21)11-12-23(33-35)34-14-13-19(15-34)30-25(38)24-18(2)36(17-28(3,4)41)37(26(24)39)20-9-7-6-8-10-20/h6-12,16,19,41H,5,13-15,17H2,1-4H3,(H,30,38)(H2,29,32,40). The van der Waals surface area contributed by atoms with E-state index in [2.05, 4.69) is 30.9 Å². The van der Waals surface area contributed by atoms with Crippen molar-refractivity contribution in [3.05, 3.63) is 70.3 Å². The van der Waals surface area contributed by atoms with Gasteiger partial charge < -0.3 is 20.6 Å². The Kier molecular flexibility index (Phi) is 7.54. The average Bonchev–Trinajstić information content (AvgIpc) is 3.59. The number of imidazole rings is 1. The second kappa shape index (κ2) is 11.1. The molecule has 1 aliphatic heterocycles. The molecular formula is C28H35N9O4. The van der Waals surface area contributed by atoms with E-state index < -0.39 is 17.1 Å². The van der Waals surface area contributed by atoms with Gasteiger partial charge in [-0.25, -0.2) is 19.0 Å². The Morgan fingerprint density at radius 3 is 2.61 bits per heavy atom. The zero-order valence-electron chi connectivity index (χ0n) is 23.6. The predicted molar refractivity (Wildman–Crippen MR) is 155 cm³/mol. The minimum Gasteiger partial charge on any atom is -0.389 e. The molecule has 0 spiro atoms. The van der Waals surface area contributed by atoms with Crippen LogP contribution in [0.3, 0.4) is 0 Å². The Hall–Kier alpha value is -4.65. The molecule has 1 aromatic carbocycles. The summed E-state index contributed by atoms with van der Waals surface area (Å²) in [7, 11) is 0. The van der Waals surface area contributed by atoms with E-state index in [9.17, 15) is 19.5 Å². The molecule has 216 valence electrons. The summed E-state index contributed by atoms with van der Waals surface area (Å²) in [6.07, 6.45) is 2.32. The summed E-state index contributed by atoms with van der Waals surface area (Å²) in [6, 6.07) is 12.2. The fourth-order valence-electron chi connectivity index (χ4n) is 5.06. The second-order valence-corrected chi connectivity index (χ2v) is 10.8. The van der Waals surface area contributed by atoms with E-state index in [1.165, 1.54) is 4.68 Å². The number of fused-ring (bicyclic) bond motifs is 1. The van der Waals surface area contributed by atoms with Gasteiger partial charge in [0, 0.05) is 25.7 Å². The van der Waals surface area contributed by atoms with Gasteiger partial charge in [-0.1, -0.05) is 18.2 Å². The lowest BCUT2D eigenvalue weighted by atomic mass is 10.1. The van der Waals surface area contributed by atoms with Crippen LogP contribution in [0.2, 0.25) is 0 Å². The third-order valence-corrected chi connectivity index (χ3v) is 6.89. The summed E-state index contributed by atoms with van der Waals surface area (Å²) in [5.74, 6) is 0.646. The number of hydrogen-bond donors (Lipinski definition) is 4. The van der Waals surface area contributed by atoms with Gasteiger partial charge in [-0.2, -0.15) is 0 Å². The first kappa shape index (κ1) is 27.9. The van der Waals surface area contributed by atoms with Gasteiger partial charge in [-0.15, -0.1) is 5.10 Å². The molecule has 1 unspecified atom stereocenters. The number of hydrogen-bond acceptors (Lipinski definition) is 7. The number of aromatic nitrogens is 5. The minimum absolute atomic E-state index is 0.0571. The molecule has 1 atom stereocenters. The molecule has 41 heavy (non-hydrogen) atoms. The van der Waals surface area contributed by atoms with Crippen molar-refractivity contribution in [2.24, 2.45) is 0 Å². The maximum atomic E-state index is 13.6. The van der Waals surface area contributed by atoms with Crippen LogP contribution in [-0.2, 0) is 6.54 Å². The molecule has 1 aliphatic rings. The van der Waals surface area contributed by atoms with Crippen molar-refractivity contribution in [1.82, 2.24) is 34.6 Å². The molecule has 0 bridgehead atoms. The number of nitrogens with one attached hydrogen (secondary N) is 3. The number of nitrogens with zero attached hydrogens (tertiary/aromatic N) is 6. The summed E-state index contributed by atoms with van der Waals surface area (Å²) in [6.45, 7) is 8.69. The highest BCUT2D eigenvalue weighted by Crippen LogP contribution is 2.21. The van der Waals surface area contributed by atoms with Gasteiger partial charge >= 0.3 is 6.03 Å². The first-order valence-electron chi connectivity index (χ1n) is 13.6. The monoisotopic (exact) mass is 561 g/mol. The maximum Gasteiger partial charge on any atom is 0.320 e. The topological polar surface area (TPSA) is 151 Å². The van der Waals surface area contributed by atoms with Crippen LogP contribution in [0, 0.1) is 6.92 Å². The van der Waals surface area contributed by atoms with Crippen LogP contribution in [0.1, 0.15) is 43.2 Å². The van der Waals surface area contributed by atoms with Crippen molar-refractivity contribution in [1.29, 1.82) is 0 Å². The van der Waals surface area contributed by atoms with Gasteiger partial charge in [0.1, 0.15) is 11.4 Å². The van der Waals surface area contributed by atoms with Gasteiger partial charge in [0.05, 0.1) is 29.7 Å². The SMILES string of the molecule is CCNC(=O)Nc1cn2nc(N3CCC(NC(=O)c4c(C)n(CC(C)(C)O)n(-c5ccccc5)c4=O)C3)ccc2n1. The van der Waals surface area contributed by atoms with Crippen molar-refractivity contribution < 1.29 is 14.7 Å². The smallest absolute Gasteiger partial charge is 0.320 e. The largest absolute Gasteiger partial charge is 0.389 e. The molecule has 13 nitrogen and oxygen atoms in total. The number of amides is 3. The third-order valence-electron chi connectivity index (χ3n) is 6.89. The molecule has 4 N–H and O–H groups in total. The van der Waals surface area contributed by atoms with E-state index in [-0.39, 0.29) is 24.2 Å². The van der Waals surface area contributed by atoms with E-state index in [1.807, 2.05) is 37.3 Å². The molecule has 4 heterocycles. The Labute approximate surface area is 236 Å². The molecule has 0 aliphatic carbocycles. The second-order valence-electron chi connectivity index (χ2n) is 10.8. The van der Waals surface area contributed by atoms with Crippen LogP contribution in [-0.4, -0.2) is 72.3 Å². The summed E-state index contributed by atoms with van der Waals surface area (Å²) in [5.41, 5.74) is 0.203. The summed E-state index contributed by atoms with van der Waals surface area (Å²) < 4.78 is 4.71. The van der Waals surface area contributed by atoms with Crippen molar-refractivity contribution >= 4 is 29.2 Å². The molecule has 0 radical (unpaired) electrons. The van der Waals surface area contributed by atoms with Gasteiger partial charge in [0.15, 0.2) is 11.5 Å². The molecule has 1 saturated heterocycles. The molecule has 3 aromatic heterocycles. The lowest BCUT2D eigenvalue weighted by Crippen LogP contribution is -2.39. The first-order valence-corrected chi connectivity index (χ1v) is 13.6. The molecule has 0 saturated carbocycles. The number of para-hydroxylation sites is 1. The van der Waals surface area contributed by atoms with Crippen LogP contribution in [0.15, 0.2) is 53.5 Å². The quantitative estimate of drug-likeness (QED) is 0.257. The lowest BCUT2D eigenvalue weighted by Gasteiger charge is -2.22. The van der Waals surface area contributed by atoms with Crippen molar-refractivity contribution in [3.63, 3.8) is 0 Å². The molecule has 13 heteroatoms. The van der Waals surface area contributed by atoms with E-state index >= 15 is 0 Å². The van der Waals surface area contributed by atoms with Gasteiger partial charge in [0.2, 0.25) is 0 Å². The number of anilines is 2. The zero-order chi connectivity index (χ0) is 29.3. The fraction of sp³-hybridized carbons (Fsp3) is 0.393. The highest BCUT2D eigenvalue weighted by Gasteiger charge is 2.30. The van der Waals surface area contributed by atoms with Gasteiger partial charge in [0.25, 0.3) is 11.5 Å². The molecule has 4 aromatic rings. The van der Waals surface area contributed by atoms with Crippen LogP contribution < -0.4 is 26.4 Å². The number of carbonyl (C=O) groups excluding carboxylic acids is 2. The number of benzene rings is 1. The normalized spacial score (nSPS) is 15.3. The minimum atomic E-state index is -1.10. The summed E-state index contributed by atoms with van der Waals surface area (Å²) in [5, 5.41) is 23.5. The molecule has 1 fully saturated rings. The highest BCUT2D eigenvalue weighted by atomic mass is 16.3. The summed E-state index contributed by atoms with van der Waals surface area (Å²) >= 11 is 0. The van der Waals surface area contributed by atoms with Crippen LogP contribution in [0.4, 0.5) is 16.4 Å². The van der Waals surface area contributed by atoms with Crippen LogP contribution in [0.25, 0.3) is 11.3 Å². The number of rotatable bonds is 8. The Bertz CT molecular complexity index is 1630. The maximum absolute atomic E-state index is 13.6. The Morgan fingerprint density at radius 2 is 1.90 bits per heavy atom. The Morgan fingerprint density at radius 1 is 1.15 bits per heavy atom. The zero-order valence-corrected chi connectivity index (χ0v) is 23.6. The van der Waals surface area contributed by atoms with Crippen LogP contribution in [0.5, 0.6) is 0 Å². The number of carbonyl (C=O) groups is 2. The highest BCUT2D eigenvalue weighted by molar-refractivity contribution is 5.95. The first-order chi connectivity index (χ1) is 19.5. The molecular weight excluding hydrogens is 526 g/mol. The summed E-state index contributed by atoms with van der Waals surface area (Å²) in [4.78, 5) is 45.3. The number of urea groups is 1. The van der Waals surface area contributed by atoms with E-state index in [0.717, 1.165) is 0 Å². The van der Waals surface area contributed by atoms with E-state index in [0.29, 0.717) is 54.7 Å².